The summed E-state index contributed by atoms with van der Waals surface area (Å²) in [7, 11) is 0. The van der Waals surface area contributed by atoms with E-state index in [1.807, 2.05) is 0 Å². The Balaban J connectivity index is 1.41. The Hall–Kier alpha value is -3.96. The maximum Gasteiger partial charge on any atom is 0.586 e. The molecule has 2 aromatic carbocycles. The number of nitrogens with zero attached hydrogens (tertiary/aromatic N) is 1. The number of amides is 1. The number of alkyl halides is 2. The molecule has 5 N–H and O–H groups in total. The number of pyridine rings is 1. The van der Waals surface area contributed by atoms with Crippen molar-refractivity contribution < 1.29 is 33.3 Å². The molecule has 178 valence electrons. The van der Waals surface area contributed by atoms with Gasteiger partial charge in [0.25, 0.3) is 5.91 Å². The van der Waals surface area contributed by atoms with Crippen molar-refractivity contribution in [2.45, 2.75) is 18.9 Å². The van der Waals surface area contributed by atoms with Gasteiger partial charge in [-0.3, -0.25) is 4.79 Å². The number of nitrogens with one attached hydrogen (secondary N) is 3. The first-order valence-corrected chi connectivity index (χ1v) is 10.3. The number of aliphatic hydroxyl groups is 2. The van der Waals surface area contributed by atoms with E-state index in [9.17, 15) is 18.7 Å². The number of rotatable bonds is 9. The van der Waals surface area contributed by atoms with Gasteiger partial charge in [-0.05, 0) is 42.0 Å². The Bertz CT molecular complexity index is 1180. The number of fused-ring (bicyclic) bond motifs is 1. The SMILES string of the molecule is O=C(Nc1ccc2c(c1)OC(F)(F)O2)c1ccccc1NCc1ccnc(NCC(O)CO)c1. The van der Waals surface area contributed by atoms with E-state index in [1.54, 1.807) is 42.6 Å². The highest BCUT2D eigenvalue weighted by molar-refractivity contribution is 6.08. The van der Waals surface area contributed by atoms with E-state index >= 15 is 0 Å². The standard InChI is InChI=1S/C23H22F2N4O5/c24-23(25)33-19-6-5-15(10-20(19)34-23)29-22(32)17-3-1-2-4-18(17)27-11-14-7-8-26-21(9-14)28-12-16(31)13-30/h1-10,16,27,30-31H,11-13H2,(H,26,28)(H,29,32). The Morgan fingerprint density at radius 1 is 1.06 bits per heavy atom. The van der Waals surface area contributed by atoms with E-state index in [2.05, 4.69) is 30.4 Å². The summed E-state index contributed by atoms with van der Waals surface area (Å²) in [5, 5.41) is 27.2. The fraction of sp³-hybridized carbons (Fsp3) is 0.217. The number of anilines is 3. The molecule has 0 spiro atoms. The van der Waals surface area contributed by atoms with Crippen molar-refractivity contribution in [1.29, 1.82) is 0 Å². The molecule has 1 amide bonds. The summed E-state index contributed by atoms with van der Waals surface area (Å²) in [6.45, 7) is 0.176. The predicted octanol–water partition coefficient (Wildman–Crippen LogP) is 3.03. The van der Waals surface area contributed by atoms with E-state index in [0.29, 0.717) is 23.6 Å². The molecule has 1 unspecified atom stereocenters. The van der Waals surface area contributed by atoms with Crippen molar-refractivity contribution in [3.05, 3.63) is 71.9 Å². The number of aliphatic hydroxyl groups excluding tert-OH is 2. The van der Waals surface area contributed by atoms with Gasteiger partial charge in [0.05, 0.1) is 18.3 Å². The second-order valence-corrected chi connectivity index (χ2v) is 7.45. The van der Waals surface area contributed by atoms with Crippen LogP contribution in [0, 0.1) is 0 Å². The molecule has 1 aliphatic heterocycles. The van der Waals surface area contributed by atoms with Gasteiger partial charge in [0, 0.05) is 36.7 Å². The minimum atomic E-state index is -3.73. The van der Waals surface area contributed by atoms with Gasteiger partial charge >= 0.3 is 6.29 Å². The molecule has 1 aliphatic rings. The Labute approximate surface area is 193 Å². The van der Waals surface area contributed by atoms with Crippen molar-refractivity contribution in [2.24, 2.45) is 0 Å². The van der Waals surface area contributed by atoms with Crippen LogP contribution in [0.2, 0.25) is 0 Å². The van der Waals surface area contributed by atoms with Gasteiger partial charge in [0.2, 0.25) is 0 Å². The van der Waals surface area contributed by atoms with E-state index in [-0.39, 0.29) is 30.3 Å². The lowest BCUT2D eigenvalue weighted by atomic mass is 10.1. The number of para-hydroxylation sites is 1. The second kappa shape index (κ2) is 9.89. The summed E-state index contributed by atoms with van der Waals surface area (Å²) in [4.78, 5) is 17.0. The maximum absolute atomic E-state index is 13.2. The van der Waals surface area contributed by atoms with E-state index in [1.165, 1.54) is 18.2 Å². The summed E-state index contributed by atoms with van der Waals surface area (Å²) in [5.41, 5.74) is 2.05. The smallest absolute Gasteiger partial charge is 0.395 e. The normalized spacial score (nSPS) is 14.4. The zero-order valence-electron chi connectivity index (χ0n) is 17.8. The first-order chi connectivity index (χ1) is 16.3. The molecule has 1 aromatic heterocycles. The molecule has 0 aliphatic carbocycles. The van der Waals surface area contributed by atoms with E-state index in [0.717, 1.165) is 5.56 Å². The molecule has 11 heteroatoms. The molecular weight excluding hydrogens is 450 g/mol. The van der Waals surface area contributed by atoms with Gasteiger partial charge in [0.15, 0.2) is 11.5 Å². The van der Waals surface area contributed by atoms with Crippen LogP contribution in [0.3, 0.4) is 0 Å². The van der Waals surface area contributed by atoms with Gasteiger partial charge in [-0.1, -0.05) is 12.1 Å². The van der Waals surface area contributed by atoms with Crippen LogP contribution in [-0.4, -0.2) is 46.7 Å². The van der Waals surface area contributed by atoms with Crippen LogP contribution in [-0.2, 0) is 6.54 Å². The minimum absolute atomic E-state index is 0.109. The third-order valence-electron chi connectivity index (χ3n) is 4.87. The molecule has 0 saturated heterocycles. The van der Waals surface area contributed by atoms with E-state index < -0.39 is 18.3 Å². The summed E-state index contributed by atoms with van der Waals surface area (Å²) < 4.78 is 35.2. The lowest BCUT2D eigenvalue weighted by Crippen LogP contribution is -2.25. The molecule has 0 radical (unpaired) electrons. The summed E-state index contributed by atoms with van der Waals surface area (Å²) in [6, 6.07) is 14.4. The van der Waals surface area contributed by atoms with Crippen LogP contribution < -0.4 is 25.4 Å². The van der Waals surface area contributed by atoms with Gasteiger partial charge in [-0.15, -0.1) is 8.78 Å². The maximum atomic E-state index is 13.2. The van der Waals surface area contributed by atoms with Crippen LogP contribution in [0.1, 0.15) is 15.9 Å². The Morgan fingerprint density at radius 2 is 1.85 bits per heavy atom. The summed E-state index contributed by atoms with van der Waals surface area (Å²) in [6.07, 6.45) is -3.02. The number of ether oxygens (including phenoxy) is 2. The first-order valence-electron chi connectivity index (χ1n) is 10.3. The molecule has 9 nitrogen and oxygen atoms in total. The van der Waals surface area contributed by atoms with Gasteiger partial charge < -0.3 is 35.6 Å². The highest BCUT2D eigenvalue weighted by Gasteiger charge is 2.43. The quantitative estimate of drug-likeness (QED) is 0.322. The Kier molecular flexibility index (Phi) is 6.75. The molecule has 4 rings (SSSR count). The van der Waals surface area contributed by atoms with Crippen molar-refractivity contribution in [2.75, 3.05) is 29.1 Å². The van der Waals surface area contributed by atoms with Gasteiger partial charge in [-0.25, -0.2) is 4.98 Å². The van der Waals surface area contributed by atoms with E-state index in [4.69, 9.17) is 5.11 Å². The van der Waals surface area contributed by atoms with Crippen molar-refractivity contribution in [3.8, 4) is 11.5 Å². The number of hydrogen-bond donors (Lipinski definition) is 5. The lowest BCUT2D eigenvalue weighted by molar-refractivity contribution is -0.286. The number of halogens is 2. The molecule has 3 aromatic rings. The molecular formula is C23H22F2N4O5. The molecule has 34 heavy (non-hydrogen) atoms. The fourth-order valence-electron chi connectivity index (χ4n) is 3.23. The monoisotopic (exact) mass is 472 g/mol. The van der Waals surface area contributed by atoms with Crippen molar-refractivity contribution >= 4 is 23.1 Å². The minimum Gasteiger partial charge on any atom is -0.395 e. The zero-order valence-corrected chi connectivity index (χ0v) is 17.8. The summed E-state index contributed by atoms with van der Waals surface area (Å²) >= 11 is 0. The van der Waals surface area contributed by atoms with Crippen LogP contribution >= 0.6 is 0 Å². The van der Waals surface area contributed by atoms with Gasteiger partial charge in [-0.2, -0.15) is 0 Å². The number of carbonyl (C=O) groups is 1. The highest BCUT2D eigenvalue weighted by atomic mass is 19.3. The topological polar surface area (TPSA) is 125 Å². The van der Waals surface area contributed by atoms with Crippen molar-refractivity contribution in [1.82, 2.24) is 4.98 Å². The van der Waals surface area contributed by atoms with Crippen LogP contribution in [0.5, 0.6) is 11.5 Å². The van der Waals surface area contributed by atoms with Gasteiger partial charge in [0.1, 0.15) is 5.82 Å². The average molecular weight is 472 g/mol. The highest BCUT2D eigenvalue weighted by Crippen LogP contribution is 2.42. The Morgan fingerprint density at radius 3 is 2.68 bits per heavy atom. The molecule has 0 fully saturated rings. The molecule has 0 bridgehead atoms. The fourth-order valence-corrected chi connectivity index (χ4v) is 3.23. The molecule has 2 heterocycles. The van der Waals surface area contributed by atoms with Crippen LogP contribution in [0.4, 0.5) is 26.0 Å². The molecule has 1 atom stereocenters. The van der Waals surface area contributed by atoms with Crippen LogP contribution in [0.15, 0.2) is 60.8 Å². The number of aromatic nitrogens is 1. The molecule has 0 saturated carbocycles. The number of hydrogen-bond acceptors (Lipinski definition) is 8. The largest absolute Gasteiger partial charge is 0.586 e. The lowest BCUT2D eigenvalue weighted by Gasteiger charge is -2.14. The first kappa shape index (κ1) is 23.2. The number of benzene rings is 2. The third kappa shape index (κ3) is 5.69. The third-order valence-corrected chi connectivity index (χ3v) is 4.87. The predicted molar refractivity (Wildman–Crippen MR) is 120 cm³/mol. The zero-order chi connectivity index (χ0) is 24.1. The summed E-state index contributed by atoms with van der Waals surface area (Å²) in [5.74, 6) is -0.181. The van der Waals surface area contributed by atoms with Crippen molar-refractivity contribution in [3.63, 3.8) is 0 Å². The van der Waals surface area contributed by atoms with Crippen LogP contribution in [0.25, 0.3) is 0 Å². The second-order valence-electron chi connectivity index (χ2n) is 7.45. The average Bonchev–Trinajstić information content (AvgIpc) is 3.14. The number of carbonyl (C=O) groups excluding carboxylic acids is 1.